The van der Waals surface area contributed by atoms with Crippen LogP contribution in [0.3, 0.4) is 0 Å². The van der Waals surface area contributed by atoms with Crippen LogP contribution in [0.5, 0.6) is 17.2 Å². The number of aromatic nitrogens is 1. The summed E-state index contributed by atoms with van der Waals surface area (Å²) in [5.41, 5.74) is 0.950. The lowest BCUT2D eigenvalue weighted by Gasteiger charge is -2.11. The molecule has 0 bridgehead atoms. The fourth-order valence-electron chi connectivity index (χ4n) is 1.74. The van der Waals surface area contributed by atoms with E-state index in [9.17, 15) is 0 Å². The summed E-state index contributed by atoms with van der Waals surface area (Å²) < 4.78 is 11.9. The van der Waals surface area contributed by atoms with E-state index in [1.54, 1.807) is 13.3 Å². The van der Waals surface area contributed by atoms with Crippen molar-refractivity contribution in [2.45, 2.75) is 26.4 Å². The summed E-state index contributed by atoms with van der Waals surface area (Å²) in [5, 5.41) is 3.34. The van der Waals surface area contributed by atoms with Crippen LogP contribution in [0.25, 0.3) is 0 Å². The van der Waals surface area contributed by atoms with E-state index in [2.05, 4.69) is 40.1 Å². The number of benzene rings is 1. The van der Waals surface area contributed by atoms with Crippen molar-refractivity contribution in [1.29, 1.82) is 0 Å². The number of hydrogen-bond donors (Lipinski definition) is 1. The second-order valence-electron chi connectivity index (χ2n) is 4.92. The van der Waals surface area contributed by atoms with Gasteiger partial charge in [0.15, 0.2) is 0 Å². The maximum absolute atomic E-state index is 5.89. The Kier molecular flexibility index (Phi) is 5.59. The number of nitrogens with one attached hydrogen (secondary N) is 1. The highest BCUT2D eigenvalue weighted by Gasteiger charge is 2.06. The largest absolute Gasteiger partial charge is 0.497 e. The molecule has 0 aliphatic carbocycles. The number of methoxy groups -OCH3 is 1. The van der Waals surface area contributed by atoms with Crippen LogP contribution in [0.15, 0.2) is 41.0 Å². The molecule has 0 amide bonds. The van der Waals surface area contributed by atoms with E-state index in [4.69, 9.17) is 9.47 Å². The maximum Gasteiger partial charge on any atom is 0.141 e. The van der Waals surface area contributed by atoms with Gasteiger partial charge in [-0.25, -0.2) is 0 Å². The fraction of sp³-hybridized carbons (Fsp3) is 0.312. The average Bonchev–Trinajstić information content (AvgIpc) is 2.47. The van der Waals surface area contributed by atoms with E-state index in [1.807, 2.05) is 30.3 Å². The number of pyridine rings is 1. The SMILES string of the molecule is COc1ccc(Oc2ccnc(CNC(C)C)c2)c(Br)c1. The molecular formula is C16H19BrN2O2. The predicted octanol–water partition coefficient (Wildman–Crippen LogP) is 4.14. The minimum Gasteiger partial charge on any atom is -0.497 e. The summed E-state index contributed by atoms with van der Waals surface area (Å²) in [6.45, 7) is 4.93. The lowest BCUT2D eigenvalue weighted by atomic mass is 10.3. The van der Waals surface area contributed by atoms with Crippen LogP contribution in [0.1, 0.15) is 19.5 Å². The van der Waals surface area contributed by atoms with Gasteiger partial charge in [-0.15, -0.1) is 0 Å². The van der Waals surface area contributed by atoms with Gasteiger partial charge in [-0.2, -0.15) is 0 Å². The predicted molar refractivity (Wildman–Crippen MR) is 87.0 cm³/mol. The molecule has 4 nitrogen and oxygen atoms in total. The van der Waals surface area contributed by atoms with E-state index < -0.39 is 0 Å². The molecule has 0 saturated heterocycles. The standard InChI is InChI=1S/C16H19BrN2O2/c1-11(2)19-10-12-8-14(6-7-18-12)21-16-5-4-13(20-3)9-15(16)17/h4-9,11,19H,10H2,1-3H3. The van der Waals surface area contributed by atoms with Gasteiger partial charge in [0.05, 0.1) is 17.3 Å². The molecule has 0 saturated carbocycles. The topological polar surface area (TPSA) is 43.4 Å². The number of rotatable bonds is 6. The Hall–Kier alpha value is -1.59. The molecule has 0 atom stereocenters. The average molecular weight is 351 g/mol. The number of ether oxygens (including phenoxy) is 2. The molecule has 0 spiro atoms. The summed E-state index contributed by atoms with van der Waals surface area (Å²) >= 11 is 3.48. The van der Waals surface area contributed by atoms with Crippen molar-refractivity contribution in [2.75, 3.05) is 7.11 Å². The molecule has 21 heavy (non-hydrogen) atoms. The molecule has 1 heterocycles. The Morgan fingerprint density at radius 1 is 1.19 bits per heavy atom. The van der Waals surface area contributed by atoms with E-state index >= 15 is 0 Å². The quantitative estimate of drug-likeness (QED) is 0.849. The Morgan fingerprint density at radius 3 is 2.67 bits per heavy atom. The number of hydrogen-bond acceptors (Lipinski definition) is 4. The molecule has 0 aliphatic rings. The highest BCUT2D eigenvalue weighted by molar-refractivity contribution is 9.10. The van der Waals surface area contributed by atoms with Crippen LogP contribution in [0.4, 0.5) is 0 Å². The molecule has 0 radical (unpaired) electrons. The van der Waals surface area contributed by atoms with Crippen LogP contribution < -0.4 is 14.8 Å². The molecule has 2 aromatic rings. The summed E-state index contributed by atoms with van der Waals surface area (Å²) in [5.74, 6) is 2.28. The fourth-order valence-corrected chi connectivity index (χ4v) is 2.18. The lowest BCUT2D eigenvalue weighted by molar-refractivity contribution is 0.412. The smallest absolute Gasteiger partial charge is 0.141 e. The second kappa shape index (κ2) is 7.43. The van der Waals surface area contributed by atoms with E-state index in [-0.39, 0.29) is 0 Å². The third kappa shape index (κ3) is 4.72. The Morgan fingerprint density at radius 2 is 2.00 bits per heavy atom. The van der Waals surface area contributed by atoms with Gasteiger partial charge >= 0.3 is 0 Å². The molecule has 1 aromatic carbocycles. The minimum atomic E-state index is 0.423. The zero-order valence-electron chi connectivity index (χ0n) is 12.4. The molecule has 1 aromatic heterocycles. The zero-order valence-corrected chi connectivity index (χ0v) is 14.0. The summed E-state index contributed by atoms with van der Waals surface area (Å²) in [4.78, 5) is 4.33. The first-order valence-corrected chi connectivity index (χ1v) is 7.57. The van der Waals surface area contributed by atoms with Crippen LogP contribution in [0.2, 0.25) is 0 Å². The van der Waals surface area contributed by atoms with Gasteiger partial charge in [-0.3, -0.25) is 4.98 Å². The molecule has 0 fully saturated rings. The van der Waals surface area contributed by atoms with Gasteiger partial charge in [0.1, 0.15) is 17.2 Å². The van der Waals surface area contributed by atoms with Gasteiger partial charge in [-0.05, 0) is 40.2 Å². The van der Waals surface area contributed by atoms with Gasteiger partial charge in [0.25, 0.3) is 0 Å². The third-order valence-electron chi connectivity index (χ3n) is 2.85. The van der Waals surface area contributed by atoms with Crippen LogP contribution in [0, 0.1) is 0 Å². The number of halogens is 1. The summed E-state index contributed by atoms with van der Waals surface area (Å²) in [6, 6.07) is 9.81. The molecule has 0 aliphatic heterocycles. The van der Waals surface area contributed by atoms with E-state index in [0.717, 1.165) is 34.0 Å². The van der Waals surface area contributed by atoms with Crippen molar-refractivity contribution < 1.29 is 9.47 Å². The van der Waals surface area contributed by atoms with Gasteiger partial charge < -0.3 is 14.8 Å². The molecule has 112 valence electrons. The van der Waals surface area contributed by atoms with E-state index in [0.29, 0.717) is 6.04 Å². The molecular weight excluding hydrogens is 332 g/mol. The van der Waals surface area contributed by atoms with Crippen molar-refractivity contribution in [2.24, 2.45) is 0 Å². The first kappa shape index (κ1) is 15.8. The lowest BCUT2D eigenvalue weighted by Crippen LogP contribution is -2.22. The van der Waals surface area contributed by atoms with E-state index in [1.165, 1.54) is 0 Å². The monoisotopic (exact) mass is 350 g/mol. The third-order valence-corrected chi connectivity index (χ3v) is 3.47. The highest BCUT2D eigenvalue weighted by atomic mass is 79.9. The van der Waals surface area contributed by atoms with Gasteiger partial charge in [0.2, 0.25) is 0 Å². The van der Waals surface area contributed by atoms with Crippen molar-refractivity contribution in [1.82, 2.24) is 10.3 Å². The van der Waals surface area contributed by atoms with Gasteiger partial charge in [0, 0.05) is 24.8 Å². The van der Waals surface area contributed by atoms with Crippen LogP contribution in [-0.2, 0) is 6.54 Å². The minimum absolute atomic E-state index is 0.423. The molecule has 1 N–H and O–H groups in total. The second-order valence-corrected chi connectivity index (χ2v) is 5.77. The maximum atomic E-state index is 5.89. The first-order chi connectivity index (χ1) is 10.1. The molecule has 0 unspecified atom stereocenters. The van der Waals surface area contributed by atoms with Crippen molar-refractivity contribution in [3.63, 3.8) is 0 Å². The Bertz CT molecular complexity index is 603. The first-order valence-electron chi connectivity index (χ1n) is 6.78. The number of nitrogens with zero attached hydrogens (tertiary/aromatic N) is 1. The normalized spacial score (nSPS) is 10.7. The Labute approximate surface area is 133 Å². The molecule has 5 heteroatoms. The zero-order chi connectivity index (χ0) is 15.2. The summed E-state index contributed by atoms with van der Waals surface area (Å²) in [6.07, 6.45) is 1.75. The highest BCUT2D eigenvalue weighted by Crippen LogP contribution is 2.32. The summed E-state index contributed by atoms with van der Waals surface area (Å²) in [7, 11) is 1.64. The van der Waals surface area contributed by atoms with Crippen molar-refractivity contribution >= 4 is 15.9 Å². The van der Waals surface area contributed by atoms with Crippen LogP contribution >= 0.6 is 15.9 Å². The van der Waals surface area contributed by atoms with Crippen molar-refractivity contribution in [3.8, 4) is 17.2 Å². The van der Waals surface area contributed by atoms with Crippen molar-refractivity contribution in [3.05, 3.63) is 46.7 Å². The molecule has 2 rings (SSSR count). The van der Waals surface area contributed by atoms with Crippen LogP contribution in [-0.4, -0.2) is 18.1 Å². The van der Waals surface area contributed by atoms with Gasteiger partial charge in [-0.1, -0.05) is 13.8 Å². The Balaban J connectivity index is 2.10.